The molecule has 55 heavy (non-hydrogen) atoms. The number of benzene rings is 3. The Morgan fingerprint density at radius 3 is 2.00 bits per heavy atom. The molecule has 0 saturated carbocycles. The van der Waals surface area contributed by atoms with Crippen LogP contribution in [-0.4, -0.2) is 75.0 Å². The highest BCUT2D eigenvalue weighted by molar-refractivity contribution is 8.12. The third kappa shape index (κ3) is 18.0. The van der Waals surface area contributed by atoms with E-state index in [1.165, 1.54) is 51.6 Å². The molecular formula is C45H70N2O6S2. The third-order valence-corrected chi connectivity index (χ3v) is 11.2. The molecule has 3 aromatic carbocycles. The van der Waals surface area contributed by atoms with Crippen LogP contribution < -0.4 is 10.1 Å². The lowest BCUT2D eigenvalue weighted by Gasteiger charge is -2.22. The van der Waals surface area contributed by atoms with Crippen molar-refractivity contribution in [2.24, 2.45) is 0 Å². The summed E-state index contributed by atoms with van der Waals surface area (Å²) in [7, 11) is -0.680. The van der Waals surface area contributed by atoms with Crippen molar-refractivity contribution in [3.05, 3.63) is 94.0 Å². The normalized spacial score (nSPS) is 15.6. The van der Waals surface area contributed by atoms with E-state index in [2.05, 4.69) is 112 Å². The Hall–Kier alpha value is -3.34. The molecule has 1 fully saturated rings. The summed E-state index contributed by atoms with van der Waals surface area (Å²) in [5.74, 6) is 2.26. The predicted molar refractivity (Wildman–Crippen MR) is 235 cm³/mol. The number of ether oxygens (including phenoxy) is 1. The first-order valence-electron chi connectivity index (χ1n) is 20.0. The minimum absolute atomic E-state index is 0.292. The van der Waals surface area contributed by atoms with E-state index in [-0.39, 0.29) is 0 Å². The number of nitrogens with one attached hydrogen (secondary N) is 1. The molecule has 2 N–H and O–H groups in total. The number of likely N-dealkylation sites (tertiary alicyclic amines) is 1. The van der Waals surface area contributed by atoms with Crippen molar-refractivity contribution in [1.29, 1.82) is 0 Å². The molecule has 0 radical (unpaired) electrons. The van der Waals surface area contributed by atoms with Gasteiger partial charge >= 0.3 is 5.30 Å². The zero-order chi connectivity index (χ0) is 41.4. The lowest BCUT2D eigenvalue weighted by Crippen LogP contribution is -2.25. The topological polar surface area (TPSA) is 113 Å². The average molecular weight is 799 g/mol. The molecule has 4 rings (SSSR count). The number of nitrogens with zero attached hydrogens (tertiary/aromatic N) is 1. The fourth-order valence-electron chi connectivity index (χ4n) is 6.69. The van der Waals surface area contributed by atoms with Crippen molar-refractivity contribution in [2.45, 2.75) is 118 Å². The molecule has 3 aromatic rings. The third-order valence-electron chi connectivity index (χ3n) is 9.73. The molecule has 1 heterocycles. The summed E-state index contributed by atoms with van der Waals surface area (Å²) in [5.41, 5.74) is 9.50. The van der Waals surface area contributed by atoms with E-state index in [1.54, 1.807) is 0 Å². The number of carboxylic acid groups (broad SMARTS) is 1. The quantitative estimate of drug-likeness (QED) is 0.137. The largest absolute Gasteiger partial charge is 0.493 e. The van der Waals surface area contributed by atoms with Crippen LogP contribution in [0, 0.1) is 0 Å². The molecule has 8 nitrogen and oxygen atoms in total. The van der Waals surface area contributed by atoms with Crippen molar-refractivity contribution < 1.29 is 27.9 Å². The smallest absolute Gasteiger partial charge is 0.364 e. The number of carbonyl (C=O) groups excluding carboxylic acids is 1. The Bertz CT molecular complexity index is 1620. The van der Waals surface area contributed by atoms with Crippen molar-refractivity contribution in [3.63, 3.8) is 0 Å². The van der Waals surface area contributed by atoms with Crippen LogP contribution in [0.4, 0.5) is 10.5 Å². The van der Waals surface area contributed by atoms with Crippen LogP contribution in [0.3, 0.4) is 0 Å². The van der Waals surface area contributed by atoms with Crippen LogP contribution in [0.15, 0.2) is 60.7 Å². The summed E-state index contributed by atoms with van der Waals surface area (Å²) in [4.78, 5) is 23.0. The maximum Gasteiger partial charge on any atom is 0.364 e. The Morgan fingerprint density at radius 2 is 1.56 bits per heavy atom. The number of aryl methyl sites for hydroxylation is 3. The number of carbonyl (C=O) groups is 2. The fourth-order valence-corrected chi connectivity index (χ4v) is 7.43. The second-order valence-electron chi connectivity index (χ2n) is 14.0. The maximum absolute atomic E-state index is 11.4. The summed E-state index contributed by atoms with van der Waals surface area (Å²) in [5, 5.41) is 10.1. The second-order valence-corrected chi connectivity index (χ2v) is 17.0. The van der Waals surface area contributed by atoms with Gasteiger partial charge < -0.3 is 20.0 Å². The molecule has 308 valence electrons. The standard InChI is InChI=1S/C28H39NO2.C11H17N.C4H10O2S.C2H4O2S/c1-5-8-22-9-11-23(12-10-22)27-18-25(20-29(27)15-16-30)24-13-14-26(21(4)7-3)28(19-24)31-17-6-2;1-4-9-7-6-8-10(5-2)11(9)12-3;1-3-4-7(2,5)6;1-5-2(3)4/h9-14,16,19,21,25,27H,5-8,15,17-18,20H2,1-4H3;6-8,12H,4-5H2,1-3H3;3-4H2,1-2H3;1H3,(H,3,4)/t21?,25-,27-;;;/m1.../s1. The Kier molecular flexibility index (Phi) is 24.7. The Balaban J connectivity index is 0.000000511. The van der Waals surface area contributed by atoms with Crippen LogP contribution in [-0.2, 0) is 33.9 Å². The second kappa shape index (κ2) is 27.3. The summed E-state index contributed by atoms with van der Waals surface area (Å²) < 4.78 is 26.6. The number of hydrogen-bond acceptors (Lipinski definition) is 8. The first-order valence-corrected chi connectivity index (χ1v) is 23.3. The predicted octanol–water partition coefficient (Wildman–Crippen LogP) is 11.0. The fraction of sp³-hybridized carbons (Fsp3) is 0.556. The van der Waals surface area contributed by atoms with E-state index in [0.29, 0.717) is 30.2 Å². The number of hydrogen-bond donors (Lipinski definition) is 2. The van der Waals surface area contributed by atoms with Crippen molar-refractivity contribution in [1.82, 2.24) is 4.90 Å². The highest BCUT2D eigenvalue weighted by Gasteiger charge is 2.34. The molecule has 0 spiro atoms. The number of sulfone groups is 1. The summed E-state index contributed by atoms with van der Waals surface area (Å²) in [6.07, 6.45) is 12.2. The maximum atomic E-state index is 11.4. The van der Waals surface area contributed by atoms with E-state index in [0.717, 1.165) is 88.3 Å². The Morgan fingerprint density at radius 1 is 0.964 bits per heavy atom. The number of aldehydes is 1. The SMILES string of the molecule is CCCOc1cc([C@@H]2C[C@H](c3ccc(CCC)cc3)N(CC=O)C2)ccc1C(C)CC.CCCS(C)(=O)=O.CCc1cccc(CC)c1NC.CSC(=O)O. The van der Waals surface area contributed by atoms with Crippen LogP contribution in [0.2, 0.25) is 0 Å². The van der Waals surface area contributed by atoms with Gasteiger partial charge in [0.2, 0.25) is 0 Å². The lowest BCUT2D eigenvalue weighted by atomic mass is 9.90. The number of para-hydroxylation sites is 1. The van der Waals surface area contributed by atoms with E-state index in [1.807, 2.05) is 14.0 Å². The van der Waals surface area contributed by atoms with Gasteiger partial charge in [0, 0.05) is 37.3 Å². The highest BCUT2D eigenvalue weighted by Crippen LogP contribution is 2.42. The van der Waals surface area contributed by atoms with Crippen LogP contribution in [0.1, 0.15) is 132 Å². The van der Waals surface area contributed by atoms with E-state index in [9.17, 15) is 18.0 Å². The molecular weight excluding hydrogens is 729 g/mol. The molecule has 1 saturated heterocycles. The minimum atomic E-state index is -2.67. The molecule has 10 heteroatoms. The van der Waals surface area contributed by atoms with E-state index >= 15 is 0 Å². The van der Waals surface area contributed by atoms with Crippen molar-refractivity contribution in [3.8, 4) is 5.75 Å². The Labute approximate surface area is 338 Å². The van der Waals surface area contributed by atoms with Gasteiger partial charge in [0.05, 0.1) is 13.2 Å². The molecule has 1 aliphatic rings. The van der Waals surface area contributed by atoms with Gasteiger partial charge in [-0.2, -0.15) is 0 Å². The van der Waals surface area contributed by atoms with Crippen LogP contribution in [0.25, 0.3) is 0 Å². The highest BCUT2D eigenvalue weighted by atomic mass is 32.2. The van der Waals surface area contributed by atoms with Gasteiger partial charge in [-0.1, -0.05) is 109 Å². The van der Waals surface area contributed by atoms with Gasteiger partial charge in [0.1, 0.15) is 21.9 Å². The minimum Gasteiger partial charge on any atom is -0.493 e. The van der Waals surface area contributed by atoms with E-state index < -0.39 is 15.1 Å². The van der Waals surface area contributed by atoms with Gasteiger partial charge in [0.15, 0.2) is 0 Å². The number of rotatable bonds is 16. The zero-order valence-corrected chi connectivity index (χ0v) is 37.0. The average Bonchev–Trinajstić information content (AvgIpc) is 3.60. The van der Waals surface area contributed by atoms with Gasteiger partial charge in [-0.05, 0) is 114 Å². The first kappa shape index (κ1) is 49.7. The molecule has 0 amide bonds. The summed E-state index contributed by atoms with van der Waals surface area (Å²) in [6, 6.07) is 22.7. The molecule has 1 aliphatic heterocycles. The number of anilines is 1. The van der Waals surface area contributed by atoms with Gasteiger partial charge in [-0.3, -0.25) is 4.90 Å². The summed E-state index contributed by atoms with van der Waals surface area (Å²) >= 11 is 0.796. The molecule has 0 aromatic heterocycles. The van der Waals surface area contributed by atoms with Crippen LogP contribution >= 0.6 is 11.8 Å². The molecule has 0 bridgehead atoms. The zero-order valence-electron chi connectivity index (χ0n) is 35.3. The van der Waals surface area contributed by atoms with Crippen molar-refractivity contribution >= 4 is 38.9 Å². The summed E-state index contributed by atoms with van der Waals surface area (Å²) in [6.45, 7) is 17.2. The van der Waals surface area contributed by atoms with Crippen LogP contribution in [0.5, 0.6) is 5.75 Å². The van der Waals surface area contributed by atoms with Gasteiger partial charge in [-0.15, -0.1) is 0 Å². The van der Waals surface area contributed by atoms with Crippen molar-refractivity contribution in [2.75, 3.05) is 50.3 Å². The van der Waals surface area contributed by atoms with Gasteiger partial charge in [-0.25, -0.2) is 13.2 Å². The molecule has 1 unspecified atom stereocenters. The van der Waals surface area contributed by atoms with Gasteiger partial charge in [0.25, 0.3) is 0 Å². The first-order chi connectivity index (χ1) is 26.3. The van der Waals surface area contributed by atoms with E-state index in [4.69, 9.17) is 9.84 Å². The molecule has 0 aliphatic carbocycles. The molecule has 3 atom stereocenters. The monoisotopic (exact) mass is 798 g/mol. The lowest BCUT2D eigenvalue weighted by molar-refractivity contribution is -0.109. The number of thioether (sulfide) groups is 1.